The molecule has 0 amide bonds. The molecule has 0 bridgehead atoms. The average Bonchev–Trinajstić information content (AvgIpc) is 3.17. The summed E-state index contributed by atoms with van der Waals surface area (Å²) in [7, 11) is 0. The van der Waals surface area contributed by atoms with Crippen molar-refractivity contribution in [2.45, 2.75) is 44.0 Å². The molecule has 0 aliphatic carbocycles. The first-order valence-corrected chi connectivity index (χ1v) is 8.69. The SMILES string of the molecule is Cc1ncnc2c1ccn2[C@@H]1O[C@H]([C@@H](O)c2ccc(F)c(F)c2)[C@@](C)(O)[C@H]1O. The average molecular weight is 391 g/mol. The molecule has 1 aromatic carbocycles. The lowest BCUT2D eigenvalue weighted by atomic mass is 9.88. The summed E-state index contributed by atoms with van der Waals surface area (Å²) in [5.74, 6) is -2.18. The second-order valence-electron chi connectivity index (χ2n) is 7.16. The van der Waals surface area contributed by atoms with Crippen molar-refractivity contribution in [3.05, 3.63) is 59.7 Å². The summed E-state index contributed by atoms with van der Waals surface area (Å²) < 4.78 is 34.1. The van der Waals surface area contributed by atoms with E-state index in [9.17, 15) is 24.1 Å². The molecule has 7 nitrogen and oxygen atoms in total. The summed E-state index contributed by atoms with van der Waals surface area (Å²) in [6.45, 7) is 3.13. The zero-order valence-corrected chi connectivity index (χ0v) is 15.1. The maximum atomic E-state index is 13.6. The number of benzene rings is 1. The quantitative estimate of drug-likeness (QED) is 0.629. The minimum atomic E-state index is -1.87. The van der Waals surface area contributed by atoms with Gasteiger partial charge < -0.3 is 24.6 Å². The summed E-state index contributed by atoms with van der Waals surface area (Å²) in [5.41, 5.74) is -0.614. The highest BCUT2D eigenvalue weighted by atomic mass is 19.2. The van der Waals surface area contributed by atoms with E-state index in [-0.39, 0.29) is 5.56 Å². The fourth-order valence-electron chi connectivity index (χ4n) is 3.60. The summed E-state index contributed by atoms with van der Waals surface area (Å²) in [4.78, 5) is 8.31. The van der Waals surface area contributed by atoms with Gasteiger partial charge in [-0.3, -0.25) is 0 Å². The molecule has 5 atom stereocenters. The van der Waals surface area contributed by atoms with Crippen LogP contribution < -0.4 is 0 Å². The predicted octanol–water partition coefficient (Wildman–Crippen LogP) is 1.76. The van der Waals surface area contributed by atoms with Crippen LogP contribution in [0.4, 0.5) is 8.78 Å². The van der Waals surface area contributed by atoms with Crippen molar-refractivity contribution < 1.29 is 28.8 Å². The number of halogens is 2. The van der Waals surface area contributed by atoms with Gasteiger partial charge >= 0.3 is 0 Å². The third-order valence-corrected chi connectivity index (χ3v) is 5.29. The van der Waals surface area contributed by atoms with E-state index >= 15 is 0 Å². The predicted molar refractivity (Wildman–Crippen MR) is 94.1 cm³/mol. The number of hydrogen-bond acceptors (Lipinski definition) is 6. The molecule has 0 spiro atoms. The minimum absolute atomic E-state index is 0.0209. The first-order chi connectivity index (χ1) is 13.2. The third kappa shape index (κ3) is 2.78. The summed E-state index contributed by atoms with van der Waals surface area (Å²) in [6.07, 6.45) is -2.24. The van der Waals surface area contributed by atoms with Crippen LogP contribution >= 0.6 is 0 Å². The Balaban J connectivity index is 1.71. The topological polar surface area (TPSA) is 101 Å². The number of hydrogen-bond donors (Lipinski definition) is 3. The van der Waals surface area contributed by atoms with E-state index < -0.39 is 41.8 Å². The largest absolute Gasteiger partial charge is 0.386 e. The molecule has 28 heavy (non-hydrogen) atoms. The van der Waals surface area contributed by atoms with Crippen LogP contribution in [0.15, 0.2) is 36.8 Å². The standard InChI is InChI=1S/C19H19F2N3O4/c1-9-11-5-6-24(17(11)23-8-22-9)18-15(26)19(2,27)16(28-18)14(25)10-3-4-12(20)13(21)7-10/h3-8,14-16,18,25-27H,1-2H3/t14-,15-,16+,18+,19-/m0/s1. The van der Waals surface area contributed by atoms with Crippen molar-refractivity contribution in [3.8, 4) is 0 Å². The minimum Gasteiger partial charge on any atom is -0.386 e. The Kier molecular flexibility index (Phi) is 4.42. The zero-order valence-electron chi connectivity index (χ0n) is 15.1. The molecule has 9 heteroatoms. The Labute approximate surface area is 158 Å². The molecule has 1 aliphatic heterocycles. The van der Waals surface area contributed by atoms with Gasteiger partial charge in [-0.25, -0.2) is 18.7 Å². The van der Waals surface area contributed by atoms with Gasteiger partial charge in [-0.2, -0.15) is 0 Å². The van der Waals surface area contributed by atoms with Gasteiger partial charge in [-0.15, -0.1) is 0 Å². The lowest BCUT2D eigenvalue weighted by Gasteiger charge is -2.29. The summed E-state index contributed by atoms with van der Waals surface area (Å²) >= 11 is 0. The monoisotopic (exact) mass is 391 g/mol. The van der Waals surface area contributed by atoms with Gasteiger partial charge in [0.15, 0.2) is 17.9 Å². The van der Waals surface area contributed by atoms with E-state index in [1.165, 1.54) is 19.3 Å². The Hall–Kier alpha value is -2.46. The smallest absolute Gasteiger partial charge is 0.164 e. The van der Waals surface area contributed by atoms with Crippen LogP contribution in [0.5, 0.6) is 0 Å². The third-order valence-electron chi connectivity index (χ3n) is 5.29. The number of rotatable bonds is 3. The van der Waals surface area contributed by atoms with E-state index in [1.807, 2.05) is 6.92 Å². The van der Waals surface area contributed by atoms with Crippen LogP contribution in [0.25, 0.3) is 11.0 Å². The molecule has 148 valence electrons. The lowest BCUT2D eigenvalue weighted by molar-refractivity contribution is -0.115. The second kappa shape index (κ2) is 6.56. The number of aliphatic hydroxyl groups excluding tert-OH is 2. The Morgan fingerprint density at radius 3 is 2.68 bits per heavy atom. The molecule has 3 heterocycles. The van der Waals surface area contributed by atoms with Crippen molar-refractivity contribution in [1.29, 1.82) is 0 Å². The number of fused-ring (bicyclic) bond motifs is 1. The number of aromatic nitrogens is 3. The maximum Gasteiger partial charge on any atom is 0.164 e. The van der Waals surface area contributed by atoms with E-state index in [2.05, 4.69) is 9.97 Å². The molecule has 0 radical (unpaired) electrons. The highest BCUT2D eigenvalue weighted by Gasteiger charge is 2.55. The molecule has 3 N–H and O–H groups in total. The van der Waals surface area contributed by atoms with E-state index in [1.54, 1.807) is 16.8 Å². The van der Waals surface area contributed by atoms with Crippen molar-refractivity contribution in [2.24, 2.45) is 0 Å². The van der Waals surface area contributed by atoms with Crippen LogP contribution in [-0.4, -0.2) is 47.7 Å². The normalized spacial score (nSPS) is 28.8. The van der Waals surface area contributed by atoms with Crippen molar-refractivity contribution in [3.63, 3.8) is 0 Å². The molecule has 4 rings (SSSR count). The molecule has 2 aromatic heterocycles. The molecule has 1 aliphatic rings. The van der Waals surface area contributed by atoms with Gasteiger partial charge in [-0.05, 0) is 37.6 Å². The van der Waals surface area contributed by atoms with Gasteiger partial charge in [-0.1, -0.05) is 6.07 Å². The lowest BCUT2D eigenvalue weighted by Crippen LogP contribution is -2.47. The Morgan fingerprint density at radius 2 is 1.96 bits per heavy atom. The fraction of sp³-hybridized carbons (Fsp3) is 0.368. The molecular weight excluding hydrogens is 372 g/mol. The van der Waals surface area contributed by atoms with Crippen molar-refractivity contribution in [1.82, 2.24) is 14.5 Å². The fourth-order valence-corrected chi connectivity index (χ4v) is 3.60. The van der Waals surface area contributed by atoms with Gasteiger partial charge in [0.05, 0.1) is 5.69 Å². The van der Waals surface area contributed by atoms with E-state index in [0.29, 0.717) is 5.65 Å². The number of ether oxygens (including phenoxy) is 1. The van der Waals surface area contributed by atoms with Crippen molar-refractivity contribution >= 4 is 11.0 Å². The van der Waals surface area contributed by atoms with Crippen LogP contribution in [0.2, 0.25) is 0 Å². The number of nitrogens with zero attached hydrogens (tertiary/aromatic N) is 3. The van der Waals surface area contributed by atoms with Crippen LogP contribution in [0, 0.1) is 18.6 Å². The van der Waals surface area contributed by atoms with Crippen LogP contribution in [-0.2, 0) is 4.74 Å². The highest BCUT2D eigenvalue weighted by molar-refractivity contribution is 5.78. The summed E-state index contributed by atoms with van der Waals surface area (Å²) in [6, 6.07) is 4.67. The molecule has 1 fully saturated rings. The van der Waals surface area contributed by atoms with Gasteiger partial charge in [0.1, 0.15) is 35.9 Å². The molecule has 3 aromatic rings. The Morgan fingerprint density at radius 1 is 1.21 bits per heavy atom. The van der Waals surface area contributed by atoms with Crippen molar-refractivity contribution in [2.75, 3.05) is 0 Å². The maximum absolute atomic E-state index is 13.6. The van der Waals surface area contributed by atoms with Gasteiger partial charge in [0.2, 0.25) is 0 Å². The zero-order chi connectivity index (χ0) is 20.2. The second-order valence-corrected chi connectivity index (χ2v) is 7.16. The molecular formula is C19H19F2N3O4. The first kappa shape index (κ1) is 18.9. The highest BCUT2D eigenvalue weighted by Crippen LogP contribution is 2.43. The first-order valence-electron chi connectivity index (χ1n) is 8.69. The summed E-state index contributed by atoms with van der Waals surface area (Å²) in [5, 5.41) is 32.9. The number of aryl methyl sites for hydroxylation is 1. The molecule has 0 unspecified atom stereocenters. The molecule has 0 saturated carbocycles. The van der Waals surface area contributed by atoms with Crippen LogP contribution in [0.1, 0.15) is 30.5 Å². The van der Waals surface area contributed by atoms with Crippen LogP contribution in [0.3, 0.4) is 0 Å². The number of aliphatic hydroxyl groups is 3. The molecule has 1 saturated heterocycles. The van der Waals surface area contributed by atoms with E-state index in [0.717, 1.165) is 23.2 Å². The van der Waals surface area contributed by atoms with Gasteiger partial charge in [0, 0.05) is 11.6 Å². The van der Waals surface area contributed by atoms with E-state index in [4.69, 9.17) is 4.74 Å². The Bertz CT molecular complexity index is 1040. The van der Waals surface area contributed by atoms with Gasteiger partial charge in [0.25, 0.3) is 0 Å².